The number of aldehydes is 1. The number of aryl methyl sites for hydroxylation is 1. The molecule has 1 aromatic heterocycles. The lowest BCUT2D eigenvalue weighted by molar-refractivity contribution is -0.104. The van der Waals surface area contributed by atoms with Gasteiger partial charge in [-0.15, -0.1) is 11.3 Å². The summed E-state index contributed by atoms with van der Waals surface area (Å²) in [4.78, 5) is 11.1. The lowest BCUT2D eigenvalue weighted by atomic mass is 10.3. The van der Waals surface area contributed by atoms with Crippen LogP contribution in [0.2, 0.25) is 0 Å². The Morgan fingerprint density at radius 3 is 2.82 bits per heavy atom. The van der Waals surface area contributed by atoms with Gasteiger partial charge in [-0.25, -0.2) is 0 Å². The number of thiophene rings is 1. The van der Waals surface area contributed by atoms with Gasteiger partial charge in [0.2, 0.25) is 0 Å². The van der Waals surface area contributed by atoms with Crippen LogP contribution in [0.15, 0.2) is 15.9 Å². The second-order valence-electron chi connectivity index (χ2n) is 2.09. The second-order valence-corrected chi connectivity index (χ2v) is 3.80. The lowest BCUT2D eigenvalue weighted by Crippen LogP contribution is -1.66. The number of carbonyl (C=O) groups is 1. The van der Waals surface area contributed by atoms with Crippen molar-refractivity contribution in [3.8, 4) is 0 Å². The molecule has 0 saturated heterocycles. The molecule has 0 fully saturated rings. The molecule has 0 radical (unpaired) electrons. The molecule has 0 amide bonds. The molecule has 0 aliphatic rings. The molecule has 0 saturated carbocycles. The molecule has 0 aliphatic heterocycles. The third-order valence-corrected chi connectivity index (χ3v) is 3.63. The van der Waals surface area contributed by atoms with Crippen molar-refractivity contribution in [1.82, 2.24) is 0 Å². The van der Waals surface area contributed by atoms with Crippen LogP contribution in [0.4, 0.5) is 0 Å². The van der Waals surface area contributed by atoms with Crippen molar-refractivity contribution in [2.24, 2.45) is 0 Å². The first-order chi connectivity index (χ1) is 5.25. The van der Waals surface area contributed by atoms with E-state index in [1.165, 1.54) is 11.6 Å². The van der Waals surface area contributed by atoms with Crippen molar-refractivity contribution in [1.29, 1.82) is 0 Å². The molecule has 1 aromatic rings. The third kappa shape index (κ3) is 2.01. The maximum absolute atomic E-state index is 10.00. The van der Waals surface area contributed by atoms with Gasteiger partial charge in [0, 0.05) is 9.35 Å². The van der Waals surface area contributed by atoms with Crippen LogP contribution in [0.1, 0.15) is 10.4 Å². The molecule has 58 valence electrons. The number of hydrogen-bond donors (Lipinski definition) is 0. The predicted octanol–water partition coefficient (Wildman–Crippen LogP) is 3.03. The Morgan fingerprint density at radius 2 is 2.36 bits per heavy atom. The molecule has 11 heavy (non-hydrogen) atoms. The molecule has 0 N–H and O–H groups in total. The largest absolute Gasteiger partial charge is 0.299 e. The van der Waals surface area contributed by atoms with E-state index in [0.717, 1.165) is 15.6 Å². The fourth-order valence-electron chi connectivity index (χ4n) is 0.689. The zero-order valence-electron chi connectivity index (χ0n) is 6.00. The number of halogens is 1. The number of hydrogen-bond acceptors (Lipinski definition) is 2. The SMILES string of the molecule is Cc1csc(/C=C/C=O)c1Br. The van der Waals surface area contributed by atoms with Gasteiger partial charge in [-0.1, -0.05) is 0 Å². The number of carbonyl (C=O) groups excluding carboxylic acids is 1. The lowest BCUT2D eigenvalue weighted by Gasteiger charge is -1.86. The van der Waals surface area contributed by atoms with E-state index in [1.807, 2.05) is 6.92 Å². The fraction of sp³-hybridized carbons (Fsp3) is 0.125. The molecule has 1 nitrogen and oxygen atoms in total. The number of rotatable bonds is 2. The standard InChI is InChI=1S/C8H7BrOS/c1-6-5-11-7(8(6)9)3-2-4-10/h2-5H,1H3/b3-2+. The van der Waals surface area contributed by atoms with Crippen LogP contribution in [0, 0.1) is 6.92 Å². The van der Waals surface area contributed by atoms with Crippen LogP contribution in [-0.2, 0) is 4.79 Å². The summed E-state index contributed by atoms with van der Waals surface area (Å²) in [5.74, 6) is 0. The average molecular weight is 231 g/mol. The van der Waals surface area contributed by atoms with E-state index in [-0.39, 0.29) is 0 Å². The van der Waals surface area contributed by atoms with Crippen LogP contribution in [-0.4, -0.2) is 6.29 Å². The Balaban J connectivity index is 2.95. The highest BCUT2D eigenvalue weighted by Crippen LogP contribution is 2.28. The van der Waals surface area contributed by atoms with Crippen LogP contribution >= 0.6 is 27.3 Å². The molecule has 0 aromatic carbocycles. The van der Waals surface area contributed by atoms with Crippen molar-refractivity contribution < 1.29 is 4.79 Å². The summed E-state index contributed by atoms with van der Waals surface area (Å²) in [6, 6.07) is 0. The van der Waals surface area contributed by atoms with Gasteiger partial charge in [0.15, 0.2) is 0 Å². The van der Waals surface area contributed by atoms with Gasteiger partial charge in [0.1, 0.15) is 6.29 Å². The van der Waals surface area contributed by atoms with Crippen molar-refractivity contribution in [3.05, 3.63) is 26.4 Å². The summed E-state index contributed by atoms with van der Waals surface area (Å²) in [6.07, 6.45) is 4.08. The van der Waals surface area contributed by atoms with Crippen LogP contribution in [0.3, 0.4) is 0 Å². The van der Waals surface area contributed by atoms with E-state index < -0.39 is 0 Å². The van der Waals surface area contributed by atoms with Crippen molar-refractivity contribution >= 4 is 39.6 Å². The Labute approximate surface area is 77.9 Å². The summed E-state index contributed by atoms with van der Waals surface area (Å²) in [6.45, 7) is 2.03. The highest BCUT2D eigenvalue weighted by atomic mass is 79.9. The maximum atomic E-state index is 10.00. The number of allylic oxidation sites excluding steroid dienone is 1. The van der Waals surface area contributed by atoms with Gasteiger partial charge in [0.05, 0.1) is 0 Å². The molecule has 1 rings (SSSR count). The summed E-state index contributed by atoms with van der Waals surface area (Å²) >= 11 is 5.05. The van der Waals surface area contributed by atoms with Gasteiger partial charge < -0.3 is 0 Å². The van der Waals surface area contributed by atoms with E-state index in [9.17, 15) is 4.79 Å². The minimum atomic E-state index is 0.779. The van der Waals surface area contributed by atoms with Gasteiger partial charge in [0.25, 0.3) is 0 Å². The van der Waals surface area contributed by atoms with Crippen molar-refractivity contribution in [2.45, 2.75) is 6.92 Å². The summed E-state index contributed by atoms with van der Waals surface area (Å²) in [7, 11) is 0. The molecule has 0 atom stereocenters. The molecule has 1 heterocycles. The second kappa shape index (κ2) is 3.83. The summed E-state index contributed by atoms with van der Waals surface area (Å²) in [5, 5.41) is 2.05. The minimum Gasteiger partial charge on any atom is -0.299 e. The van der Waals surface area contributed by atoms with Crippen molar-refractivity contribution in [3.63, 3.8) is 0 Å². The smallest absolute Gasteiger partial charge is 0.142 e. The van der Waals surface area contributed by atoms with Gasteiger partial charge in [-0.3, -0.25) is 4.79 Å². The van der Waals surface area contributed by atoms with E-state index in [2.05, 4.69) is 21.3 Å². The molecule has 3 heteroatoms. The summed E-state index contributed by atoms with van der Waals surface area (Å²) < 4.78 is 1.08. The quantitative estimate of drug-likeness (QED) is 0.564. The molecular weight excluding hydrogens is 224 g/mol. The Bertz CT molecular complexity index is 288. The zero-order valence-corrected chi connectivity index (χ0v) is 8.41. The first kappa shape index (κ1) is 8.68. The zero-order chi connectivity index (χ0) is 8.27. The van der Waals surface area contributed by atoms with Gasteiger partial charge in [-0.2, -0.15) is 0 Å². The van der Waals surface area contributed by atoms with Crippen LogP contribution < -0.4 is 0 Å². The maximum Gasteiger partial charge on any atom is 0.142 e. The van der Waals surface area contributed by atoms with Gasteiger partial charge in [-0.05, 0) is 45.9 Å². The van der Waals surface area contributed by atoms with E-state index in [1.54, 1.807) is 17.4 Å². The summed E-state index contributed by atoms with van der Waals surface area (Å²) in [5.41, 5.74) is 1.21. The van der Waals surface area contributed by atoms with Crippen LogP contribution in [0.5, 0.6) is 0 Å². The highest BCUT2D eigenvalue weighted by molar-refractivity contribution is 9.10. The first-order valence-corrected chi connectivity index (χ1v) is 4.78. The minimum absolute atomic E-state index is 0.779. The van der Waals surface area contributed by atoms with E-state index in [0.29, 0.717) is 0 Å². The molecule has 0 unspecified atom stereocenters. The molecule has 0 spiro atoms. The Hall–Kier alpha value is -0.410. The Morgan fingerprint density at radius 1 is 1.64 bits per heavy atom. The normalized spacial score (nSPS) is 10.7. The van der Waals surface area contributed by atoms with Crippen LogP contribution in [0.25, 0.3) is 6.08 Å². The topological polar surface area (TPSA) is 17.1 Å². The van der Waals surface area contributed by atoms with Gasteiger partial charge >= 0.3 is 0 Å². The van der Waals surface area contributed by atoms with E-state index in [4.69, 9.17) is 0 Å². The van der Waals surface area contributed by atoms with Crippen molar-refractivity contribution in [2.75, 3.05) is 0 Å². The van der Waals surface area contributed by atoms with E-state index >= 15 is 0 Å². The highest BCUT2D eigenvalue weighted by Gasteiger charge is 2.00. The predicted molar refractivity (Wildman–Crippen MR) is 51.9 cm³/mol. The third-order valence-electron chi connectivity index (χ3n) is 1.25. The fourth-order valence-corrected chi connectivity index (χ4v) is 2.21. The first-order valence-electron chi connectivity index (χ1n) is 3.11. The monoisotopic (exact) mass is 230 g/mol. The average Bonchev–Trinajstić information content (AvgIpc) is 2.31. The molecule has 0 aliphatic carbocycles. The Kier molecular flexibility index (Phi) is 3.02. The molecule has 0 bridgehead atoms. The molecular formula is C8H7BrOS.